The molecule has 0 bridgehead atoms. The Kier molecular flexibility index (Phi) is 4.73. The summed E-state index contributed by atoms with van der Waals surface area (Å²) in [4.78, 5) is 0. The number of nitrogens with one attached hydrogen (secondary N) is 1. The van der Waals surface area contributed by atoms with Crippen molar-refractivity contribution in [3.63, 3.8) is 0 Å². The smallest absolute Gasteiger partial charge is 0.128 e. The van der Waals surface area contributed by atoms with Crippen molar-refractivity contribution in [2.75, 3.05) is 6.54 Å². The average Bonchev–Trinajstić information content (AvgIpc) is 2.44. The van der Waals surface area contributed by atoms with E-state index in [-0.39, 0.29) is 17.7 Å². The second-order valence-electron chi connectivity index (χ2n) is 5.46. The molecule has 0 spiro atoms. The van der Waals surface area contributed by atoms with Crippen molar-refractivity contribution >= 4 is 0 Å². The number of rotatable bonds is 4. The van der Waals surface area contributed by atoms with Crippen LogP contribution in [0.25, 0.3) is 0 Å². The standard InChI is InChI=1S/C18H21F2N/c1-5-21-18(14-7-6-11(2)12(3)8-14)15-10-16(19)13(4)9-17(15)20/h6-10,18,21H,5H2,1-4H3. The van der Waals surface area contributed by atoms with Gasteiger partial charge in [-0.05, 0) is 61.7 Å². The quantitative estimate of drug-likeness (QED) is 0.868. The van der Waals surface area contributed by atoms with Crippen molar-refractivity contribution in [3.8, 4) is 0 Å². The van der Waals surface area contributed by atoms with Crippen molar-refractivity contribution in [2.24, 2.45) is 0 Å². The van der Waals surface area contributed by atoms with Gasteiger partial charge >= 0.3 is 0 Å². The molecule has 2 aromatic carbocycles. The minimum absolute atomic E-state index is 0.326. The van der Waals surface area contributed by atoms with Crippen LogP contribution in [0.3, 0.4) is 0 Å². The summed E-state index contributed by atoms with van der Waals surface area (Å²) < 4.78 is 28.1. The first-order valence-corrected chi connectivity index (χ1v) is 7.20. The Morgan fingerprint density at radius 3 is 2.24 bits per heavy atom. The summed E-state index contributed by atoms with van der Waals surface area (Å²) in [5.41, 5.74) is 3.95. The maximum Gasteiger partial charge on any atom is 0.128 e. The lowest BCUT2D eigenvalue weighted by Gasteiger charge is -2.21. The highest BCUT2D eigenvalue weighted by atomic mass is 19.1. The molecule has 1 N–H and O–H groups in total. The first-order chi connectivity index (χ1) is 9.93. The molecule has 1 nitrogen and oxygen atoms in total. The highest BCUT2D eigenvalue weighted by Gasteiger charge is 2.19. The Morgan fingerprint density at radius 2 is 1.62 bits per heavy atom. The van der Waals surface area contributed by atoms with Crippen LogP contribution in [0, 0.1) is 32.4 Å². The lowest BCUT2D eigenvalue weighted by atomic mass is 9.94. The van der Waals surface area contributed by atoms with Crippen LogP contribution in [0.5, 0.6) is 0 Å². The molecule has 0 aliphatic carbocycles. The summed E-state index contributed by atoms with van der Waals surface area (Å²) in [6.07, 6.45) is 0. The van der Waals surface area contributed by atoms with E-state index >= 15 is 0 Å². The molecule has 112 valence electrons. The van der Waals surface area contributed by atoms with Crippen LogP contribution in [-0.2, 0) is 0 Å². The maximum atomic E-state index is 14.3. The van der Waals surface area contributed by atoms with E-state index in [4.69, 9.17) is 0 Å². The van der Waals surface area contributed by atoms with Crippen LogP contribution in [0.2, 0.25) is 0 Å². The SMILES string of the molecule is CCNC(c1ccc(C)c(C)c1)c1cc(F)c(C)cc1F. The van der Waals surface area contributed by atoms with Gasteiger partial charge in [0, 0.05) is 5.56 Å². The molecule has 0 heterocycles. The Labute approximate surface area is 125 Å². The molecule has 3 heteroatoms. The molecule has 0 aliphatic rings. The van der Waals surface area contributed by atoms with Gasteiger partial charge < -0.3 is 5.32 Å². The zero-order chi connectivity index (χ0) is 15.6. The van der Waals surface area contributed by atoms with Crippen molar-refractivity contribution < 1.29 is 8.78 Å². The zero-order valence-electron chi connectivity index (χ0n) is 12.9. The first kappa shape index (κ1) is 15.6. The van der Waals surface area contributed by atoms with Crippen LogP contribution in [0.1, 0.15) is 40.8 Å². The first-order valence-electron chi connectivity index (χ1n) is 7.20. The van der Waals surface area contributed by atoms with E-state index in [1.807, 2.05) is 39.0 Å². The van der Waals surface area contributed by atoms with Gasteiger partial charge in [0.05, 0.1) is 6.04 Å². The van der Waals surface area contributed by atoms with Crippen LogP contribution in [-0.4, -0.2) is 6.54 Å². The Balaban J connectivity index is 2.52. The summed E-state index contributed by atoms with van der Waals surface area (Å²) in [7, 11) is 0. The summed E-state index contributed by atoms with van der Waals surface area (Å²) in [5, 5.41) is 3.24. The average molecular weight is 289 g/mol. The van der Waals surface area contributed by atoms with Crippen LogP contribution < -0.4 is 5.32 Å². The van der Waals surface area contributed by atoms with E-state index in [0.717, 1.165) is 11.1 Å². The fraction of sp³-hybridized carbons (Fsp3) is 0.333. The van der Waals surface area contributed by atoms with Gasteiger partial charge in [-0.2, -0.15) is 0 Å². The van der Waals surface area contributed by atoms with Gasteiger partial charge in [0.2, 0.25) is 0 Å². The molecular formula is C18H21F2N. The van der Waals surface area contributed by atoms with Crippen molar-refractivity contribution in [1.82, 2.24) is 5.32 Å². The molecule has 0 saturated heterocycles. The molecule has 0 amide bonds. The minimum Gasteiger partial charge on any atom is -0.306 e. The normalized spacial score (nSPS) is 12.5. The number of hydrogen-bond donors (Lipinski definition) is 1. The Morgan fingerprint density at radius 1 is 0.905 bits per heavy atom. The van der Waals surface area contributed by atoms with E-state index in [0.29, 0.717) is 17.7 Å². The van der Waals surface area contributed by atoms with E-state index in [9.17, 15) is 8.78 Å². The molecule has 2 aromatic rings. The molecule has 0 saturated carbocycles. The topological polar surface area (TPSA) is 12.0 Å². The highest BCUT2D eigenvalue weighted by molar-refractivity contribution is 5.39. The monoisotopic (exact) mass is 289 g/mol. The fourth-order valence-corrected chi connectivity index (χ4v) is 2.44. The molecule has 0 radical (unpaired) electrons. The summed E-state index contributed by atoms with van der Waals surface area (Å²) >= 11 is 0. The summed E-state index contributed by atoms with van der Waals surface area (Å²) in [5.74, 6) is -0.754. The minimum atomic E-state index is -0.377. The van der Waals surface area contributed by atoms with E-state index in [1.165, 1.54) is 17.7 Å². The van der Waals surface area contributed by atoms with E-state index in [2.05, 4.69) is 5.32 Å². The second-order valence-corrected chi connectivity index (χ2v) is 5.46. The second kappa shape index (κ2) is 6.35. The van der Waals surface area contributed by atoms with E-state index in [1.54, 1.807) is 6.92 Å². The number of aryl methyl sites for hydroxylation is 3. The highest BCUT2D eigenvalue weighted by Crippen LogP contribution is 2.27. The predicted octanol–water partition coefficient (Wildman–Crippen LogP) is 4.59. The third kappa shape index (κ3) is 3.30. The summed E-state index contributed by atoms with van der Waals surface area (Å²) in [6.45, 7) is 8.25. The van der Waals surface area contributed by atoms with Gasteiger partial charge in [-0.1, -0.05) is 25.1 Å². The molecule has 0 fully saturated rings. The van der Waals surface area contributed by atoms with Crippen LogP contribution in [0.4, 0.5) is 8.78 Å². The third-order valence-corrected chi connectivity index (χ3v) is 3.86. The van der Waals surface area contributed by atoms with Crippen LogP contribution >= 0.6 is 0 Å². The largest absolute Gasteiger partial charge is 0.306 e. The number of hydrogen-bond acceptors (Lipinski definition) is 1. The molecule has 0 aliphatic heterocycles. The van der Waals surface area contributed by atoms with Gasteiger partial charge in [-0.25, -0.2) is 8.78 Å². The lowest BCUT2D eigenvalue weighted by Crippen LogP contribution is -2.23. The lowest BCUT2D eigenvalue weighted by molar-refractivity contribution is 0.541. The van der Waals surface area contributed by atoms with Gasteiger partial charge in [0.1, 0.15) is 11.6 Å². The molecule has 21 heavy (non-hydrogen) atoms. The van der Waals surface area contributed by atoms with Crippen molar-refractivity contribution in [1.29, 1.82) is 0 Å². The van der Waals surface area contributed by atoms with Gasteiger partial charge in [0.15, 0.2) is 0 Å². The zero-order valence-corrected chi connectivity index (χ0v) is 12.9. The van der Waals surface area contributed by atoms with E-state index < -0.39 is 0 Å². The molecular weight excluding hydrogens is 268 g/mol. The molecule has 1 atom stereocenters. The Bertz CT molecular complexity index is 650. The van der Waals surface area contributed by atoms with Crippen LogP contribution in [0.15, 0.2) is 30.3 Å². The van der Waals surface area contributed by atoms with Crippen molar-refractivity contribution in [2.45, 2.75) is 33.7 Å². The predicted molar refractivity (Wildman–Crippen MR) is 82.5 cm³/mol. The van der Waals surface area contributed by atoms with Gasteiger partial charge in [-0.15, -0.1) is 0 Å². The summed E-state index contributed by atoms with van der Waals surface area (Å²) in [6, 6.07) is 8.22. The molecule has 0 aromatic heterocycles. The van der Waals surface area contributed by atoms with Gasteiger partial charge in [0.25, 0.3) is 0 Å². The van der Waals surface area contributed by atoms with Crippen molar-refractivity contribution in [3.05, 3.63) is 69.8 Å². The Hall–Kier alpha value is -1.74. The number of benzene rings is 2. The third-order valence-electron chi connectivity index (χ3n) is 3.86. The molecule has 1 unspecified atom stereocenters. The fourth-order valence-electron chi connectivity index (χ4n) is 2.44. The maximum absolute atomic E-state index is 14.3. The molecule has 2 rings (SSSR count). The van der Waals surface area contributed by atoms with Gasteiger partial charge in [-0.3, -0.25) is 0 Å². The number of halogens is 2.